The molecule has 1 aliphatic heterocycles. The lowest BCUT2D eigenvalue weighted by Gasteiger charge is -2.34. The summed E-state index contributed by atoms with van der Waals surface area (Å²) in [6, 6.07) is 8.07. The van der Waals surface area contributed by atoms with Gasteiger partial charge in [-0.3, -0.25) is 4.79 Å². The third kappa shape index (κ3) is 4.92. The zero-order valence-corrected chi connectivity index (χ0v) is 17.2. The number of H-pyrrole nitrogens is 1. The molecule has 4 rings (SSSR count). The Labute approximate surface area is 172 Å². The molecule has 1 aromatic heterocycles. The molecule has 0 atom stereocenters. The van der Waals surface area contributed by atoms with E-state index in [9.17, 15) is 9.59 Å². The van der Waals surface area contributed by atoms with Gasteiger partial charge in [0.1, 0.15) is 0 Å². The highest BCUT2D eigenvalue weighted by Gasteiger charge is 2.24. The molecule has 1 aromatic carbocycles. The fourth-order valence-corrected chi connectivity index (χ4v) is 4.71. The van der Waals surface area contributed by atoms with E-state index in [1.54, 1.807) is 0 Å². The summed E-state index contributed by atoms with van der Waals surface area (Å²) in [5.74, 6) is 1.00. The van der Waals surface area contributed by atoms with Crippen molar-refractivity contribution >= 4 is 22.8 Å². The van der Waals surface area contributed by atoms with Crippen molar-refractivity contribution in [1.29, 1.82) is 0 Å². The molecule has 156 valence electrons. The molecule has 1 saturated heterocycles. The van der Waals surface area contributed by atoms with Crippen LogP contribution in [0.3, 0.4) is 0 Å². The Balaban J connectivity index is 1.18. The quantitative estimate of drug-likeness (QED) is 0.734. The van der Waals surface area contributed by atoms with Crippen LogP contribution in [-0.4, -0.2) is 59.4 Å². The first-order valence-electron chi connectivity index (χ1n) is 11.1. The molecule has 1 saturated carbocycles. The molecule has 3 amide bonds. The second kappa shape index (κ2) is 9.33. The maximum Gasteiger partial charge on any atom is 0.317 e. The van der Waals surface area contributed by atoms with Gasteiger partial charge in [-0.05, 0) is 30.4 Å². The minimum Gasteiger partial charge on any atom is -0.361 e. The summed E-state index contributed by atoms with van der Waals surface area (Å²) >= 11 is 0. The number of nitrogens with one attached hydrogen (secondary N) is 2. The van der Waals surface area contributed by atoms with Crippen LogP contribution in [0.25, 0.3) is 10.9 Å². The van der Waals surface area contributed by atoms with Crippen molar-refractivity contribution in [3.8, 4) is 0 Å². The van der Waals surface area contributed by atoms with Crippen LogP contribution in [0.2, 0.25) is 0 Å². The number of hydrogen-bond acceptors (Lipinski definition) is 2. The van der Waals surface area contributed by atoms with E-state index in [1.165, 1.54) is 32.1 Å². The summed E-state index contributed by atoms with van der Waals surface area (Å²) in [4.78, 5) is 32.0. The normalized spacial score (nSPS) is 17.8. The number of aromatic nitrogens is 1. The van der Waals surface area contributed by atoms with E-state index < -0.39 is 0 Å². The van der Waals surface area contributed by atoms with Gasteiger partial charge in [-0.1, -0.05) is 43.9 Å². The molecule has 0 radical (unpaired) electrons. The standard InChI is InChI=1S/C23H32N4O2/c28-22(16-19-17-25-21-10-4-3-9-20(19)21)26-12-14-27(15-13-26)23(29)24-11-5-8-18-6-1-2-7-18/h3-4,9-10,17-18,25H,1-2,5-8,11-16H2,(H,24,29). The average molecular weight is 397 g/mol. The number of carbonyl (C=O) groups excluding carboxylic acids is 2. The zero-order valence-electron chi connectivity index (χ0n) is 17.2. The fourth-order valence-electron chi connectivity index (χ4n) is 4.71. The van der Waals surface area contributed by atoms with Crippen LogP contribution >= 0.6 is 0 Å². The van der Waals surface area contributed by atoms with E-state index in [4.69, 9.17) is 0 Å². The molecule has 6 nitrogen and oxygen atoms in total. The molecule has 6 heteroatoms. The maximum atomic E-state index is 12.7. The van der Waals surface area contributed by atoms with Crippen LogP contribution in [0, 0.1) is 5.92 Å². The monoisotopic (exact) mass is 396 g/mol. The molecule has 1 aliphatic carbocycles. The number of hydrogen-bond donors (Lipinski definition) is 2. The van der Waals surface area contributed by atoms with Gasteiger partial charge in [0.15, 0.2) is 0 Å². The molecule has 0 spiro atoms. The van der Waals surface area contributed by atoms with Crippen molar-refractivity contribution in [2.75, 3.05) is 32.7 Å². The molecular formula is C23H32N4O2. The van der Waals surface area contributed by atoms with Gasteiger partial charge in [0, 0.05) is 49.8 Å². The van der Waals surface area contributed by atoms with Crippen molar-refractivity contribution in [3.63, 3.8) is 0 Å². The number of rotatable bonds is 6. The van der Waals surface area contributed by atoms with Gasteiger partial charge in [-0.25, -0.2) is 4.79 Å². The maximum absolute atomic E-state index is 12.7. The lowest BCUT2D eigenvalue weighted by atomic mass is 10.0. The molecule has 0 unspecified atom stereocenters. The Hall–Kier alpha value is -2.50. The number of carbonyl (C=O) groups is 2. The third-order valence-electron chi connectivity index (χ3n) is 6.48. The van der Waals surface area contributed by atoms with Crippen molar-refractivity contribution in [2.45, 2.75) is 44.9 Å². The summed E-state index contributed by atoms with van der Waals surface area (Å²) < 4.78 is 0. The van der Waals surface area contributed by atoms with Gasteiger partial charge >= 0.3 is 6.03 Å². The summed E-state index contributed by atoms with van der Waals surface area (Å²) in [7, 11) is 0. The van der Waals surface area contributed by atoms with E-state index in [-0.39, 0.29) is 11.9 Å². The van der Waals surface area contributed by atoms with Gasteiger partial charge < -0.3 is 20.1 Å². The van der Waals surface area contributed by atoms with Crippen LogP contribution < -0.4 is 5.32 Å². The average Bonchev–Trinajstić information content (AvgIpc) is 3.41. The number of urea groups is 1. The SMILES string of the molecule is O=C(Cc1c[nH]c2ccccc12)N1CCN(C(=O)NCCCC2CCCC2)CC1. The zero-order chi connectivity index (χ0) is 20.1. The summed E-state index contributed by atoms with van der Waals surface area (Å²) in [5, 5.41) is 4.16. The van der Waals surface area contributed by atoms with Gasteiger partial charge in [0.05, 0.1) is 6.42 Å². The Morgan fingerprint density at radius 3 is 2.55 bits per heavy atom. The van der Waals surface area contributed by atoms with Crippen molar-refractivity contribution < 1.29 is 9.59 Å². The van der Waals surface area contributed by atoms with Crippen LogP contribution in [0.15, 0.2) is 30.5 Å². The van der Waals surface area contributed by atoms with E-state index >= 15 is 0 Å². The number of amides is 3. The third-order valence-corrected chi connectivity index (χ3v) is 6.48. The predicted molar refractivity (Wildman–Crippen MR) is 115 cm³/mol. The number of piperazine rings is 1. The minimum atomic E-state index is 0.0140. The van der Waals surface area contributed by atoms with E-state index in [2.05, 4.69) is 10.3 Å². The highest BCUT2D eigenvalue weighted by molar-refractivity contribution is 5.89. The number of aromatic amines is 1. The summed E-state index contributed by atoms with van der Waals surface area (Å²) in [6.45, 7) is 3.19. The smallest absolute Gasteiger partial charge is 0.317 e. The lowest BCUT2D eigenvalue weighted by molar-refractivity contribution is -0.131. The fraction of sp³-hybridized carbons (Fsp3) is 0.565. The topological polar surface area (TPSA) is 68.4 Å². The number of para-hydroxylation sites is 1. The molecule has 2 aliphatic rings. The van der Waals surface area contributed by atoms with Crippen LogP contribution in [0.5, 0.6) is 0 Å². The number of benzene rings is 1. The van der Waals surface area contributed by atoms with Crippen LogP contribution in [0.1, 0.15) is 44.1 Å². The highest BCUT2D eigenvalue weighted by atomic mass is 16.2. The minimum absolute atomic E-state index is 0.0140. The summed E-state index contributed by atoms with van der Waals surface area (Å²) in [6.07, 6.45) is 10.1. The molecule has 2 aromatic rings. The van der Waals surface area contributed by atoms with E-state index in [0.717, 1.165) is 35.3 Å². The van der Waals surface area contributed by atoms with Gasteiger partial charge in [0.2, 0.25) is 5.91 Å². The number of fused-ring (bicyclic) bond motifs is 1. The Morgan fingerprint density at radius 2 is 1.76 bits per heavy atom. The van der Waals surface area contributed by atoms with Gasteiger partial charge in [-0.15, -0.1) is 0 Å². The van der Waals surface area contributed by atoms with Crippen molar-refractivity contribution in [2.24, 2.45) is 5.92 Å². The first-order valence-corrected chi connectivity index (χ1v) is 11.1. The molecule has 2 fully saturated rings. The van der Waals surface area contributed by atoms with Gasteiger partial charge in [-0.2, -0.15) is 0 Å². The molecule has 29 heavy (non-hydrogen) atoms. The van der Waals surface area contributed by atoms with Crippen LogP contribution in [0.4, 0.5) is 4.79 Å². The molecular weight excluding hydrogens is 364 g/mol. The largest absolute Gasteiger partial charge is 0.361 e. The van der Waals surface area contributed by atoms with Crippen molar-refractivity contribution in [1.82, 2.24) is 20.1 Å². The Bertz CT molecular complexity index is 832. The Kier molecular flexibility index (Phi) is 6.37. The molecule has 0 bridgehead atoms. The summed E-state index contributed by atoms with van der Waals surface area (Å²) in [5.41, 5.74) is 2.10. The second-order valence-electron chi connectivity index (χ2n) is 8.43. The molecule has 2 heterocycles. The molecule has 2 N–H and O–H groups in total. The van der Waals surface area contributed by atoms with E-state index in [1.807, 2.05) is 40.3 Å². The number of nitrogens with zero attached hydrogens (tertiary/aromatic N) is 2. The first kappa shape index (κ1) is 19.8. The highest BCUT2D eigenvalue weighted by Crippen LogP contribution is 2.28. The van der Waals surface area contributed by atoms with Crippen LogP contribution in [-0.2, 0) is 11.2 Å². The first-order chi connectivity index (χ1) is 14.2. The Morgan fingerprint density at radius 1 is 1.03 bits per heavy atom. The van der Waals surface area contributed by atoms with E-state index in [0.29, 0.717) is 32.6 Å². The predicted octanol–water partition coefficient (Wildman–Crippen LogP) is 3.53. The second-order valence-corrected chi connectivity index (χ2v) is 8.43. The van der Waals surface area contributed by atoms with Crippen molar-refractivity contribution in [3.05, 3.63) is 36.0 Å². The lowest BCUT2D eigenvalue weighted by Crippen LogP contribution is -2.53. The van der Waals surface area contributed by atoms with Gasteiger partial charge in [0.25, 0.3) is 0 Å².